The van der Waals surface area contributed by atoms with Crippen LogP contribution >= 0.6 is 27.3 Å². The first-order valence-corrected chi connectivity index (χ1v) is 8.67. The highest BCUT2D eigenvalue weighted by Gasteiger charge is 2.07. The van der Waals surface area contributed by atoms with Gasteiger partial charge in [-0.15, -0.1) is 11.3 Å². The maximum Gasteiger partial charge on any atom is 0.224 e. The normalized spacial score (nSPS) is 10.6. The number of halogens is 1. The third kappa shape index (κ3) is 5.26. The van der Waals surface area contributed by atoms with Crippen LogP contribution in [0.25, 0.3) is 0 Å². The molecule has 1 aromatic carbocycles. The Hall–Kier alpha value is -1.17. The molecule has 0 unspecified atom stereocenters. The topological polar surface area (TPSA) is 41.1 Å². The number of carbonyl (C=O) groups is 1. The third-order valence-corrected chi connectivity index (χ3v) is 4.83. The molecule has 1 heterocycles. The zero-order valence-corrected chi connectivity index (χ0v) is 14.4. The molecule has 112 valence electrons. The molecule has 2 aromatic rings. The number of rotatable bonds is 7. The van der Waals surface area contributed by atoms with Crippen LogP contribution in [0, 0.1) is 0 Å². The lowest BCUT2D eigenvalue weighted by Crippen LogP contribution is -2.17. The Labute approximate surface area is 137 Å². The van der Waals surface area contributed by atoms with Gasteiger partial charge in [-0.3, -0.25) is 4.79 Å². The summed E-state index contributed by atoms with van der Waals surface area (Å²) in [5.74, 6) is 0.0588. The first kappa shape index (κ1) is 16.2. The second-order valence-corrected chi connectivity index (χ2v) is 6.63. The predicted octanol–water partition coefficient (Wildman–Crippen LogP) is 4.19. The number of hydrogen-bond acceptors (Lipinski definition) is 3. The molecule has 0 spiro atoms. The molecule has 0 aliphatic heterocycles. The fourth-order valence-electron chi connectivity index (χ4n) is 1.99. The molecule has 0 bridgehead atoms. The standard InChI is InChI=1S/C16H19BrN2OS/c1-2-18-10-12-5-3-4-6-15(12)19-16(20)8-7-14-9-13(17)11-21-14/h3-6,9,11,18H,2,7-8,10H2,1H3,(H,19,20). The molecular formula is C16H19BrN2OS. The van der Waals surface area contributed by atoms with Crippen LogP contribution in [0.5, 0.6) is 0 Å². The van der Waals surface area contributed by atoms with Crippen LogP contribution in [0.2, 0.25) is 0 Å². The molecule has 0 saturated heterocycles. The van der Waals surface area contributed by atoms with E-state index >= 15 is 0 Å². The molecule has 0 aliphatic carbocycles. The minimum Gasteiger partial charge on any atom is -0.326 e. The molecule has 1 amide bonds. The Morgan fingerprint density at radius 1 is 1.33 bits per heavy atom. The molecule has 0 radical (unpaired) electrons. The highest BCUT2D eigenvalue weighted by molar-refractivity contribution is 9.10. The molecule has 3 nitrogen and oxygen atoms in total. The summed E-state index contributed by atoms with van der Waals surface area (Å²) in [7, 11) is 0. The number of hydrogen-bond donors (Lipinski definition) is 2. The van der Waals surface area contributed by atoms with Crippen LogP contribution in [0.4, 0.5) is 5.69 Å². The van der Waals surface area contributed by atoms with Crippen molar-refractivity contribution < 1.29 is 4.79 Å². The molecule has 1 aromatic heterocycles. The molecule has 2 N–H and O–H groups in total. The Morgan fingerprint density at radius 3 is 2.86 bits per heavy atom. The van der Waals surface area contributed by atoms with Crippen LogP contribution in [-0.2, 0) is 17.8 Å². The summed E-state index contributed by atoms with van der Waals surface area (Å²) in [6.45, 7) is 3.75. The predicted molar refractivity (Wildman–Crippen MR) is 92.8 cm³/mol. The van der Waals surface area contributed by atoms with Crippen molar-refractivity contribution in [2.24, 2.45) is 0 Å². The maximum atomic E-state index is 12.1. The van der Waals surface area contributed by atoms with Crippen LogP contribution in [0.1, 0.15) is 23.8 Å². The molecule has 0 fully saturated rings. The average molecular weight is 367 g/mol. The first-order valence-electron chi connectivity index (χ1n) is 7.00. The van der Waals surface area contributed by atoms with E-state index < -0.39 is 0 Å². The monoisotopic (exact) mass is 366 g/mol. The van der Waals surface area contributed by atoms with Gasteiger partial charge in [-0.1, -0.05) is 25.1 Å². The summed E-state index contributed by atoms with van der Waals surface area (Å²) in [4.78, 5) is 13.3. The van der Waals surface area contributed by atoms with Gasteiger partial charge in [0.15, 0.2) is 0 Å². The molecule has 0 atom stereocenters. The third-order valence-electron chi connectivity index (χ3n) is 3.08. The fourth-order valence-corrected chi connectivity index (χ4v) is 3.45. The summed E-state index contributed by atoms with van der Waals surface area (Å²) in [5.41, 5.74) is 2.02. The summed E-state index contributed by atoms with van der Waals surface area (Å²) < 4.78 is 1.08. The summed E-state index contributed by atoms with van der Waals surface area (Å²) in [6, 6.07) is 9.99. The molecular weight excluding hydrogens is 348 g/mol. The number of carbonyl (C=O) groups excluding carboxylic acids is 1. The van der Waals surface area contributed by atoms with Gasteiger partial charge in [-0.2, -0.15) is 0 Å². The quantitative estimate of drug-likeness (QED) is 0.771. The number of thiophene rings is 1. The van der Waals surface area contributed by atoms with Crippen molar-refractivity contribution in [1.82, 2.24) is 5.32 Å². The van der Waals surface area contributed by atoms with Gasteiger partial charge in [0, 0.05) is 33.4 Å². The maximum absolute atomic E-state index is 12.1. The number of benzene rings is 1. The van der Waals surface area contributed by atoms with E-state index in [2.05, 4.69) is 39.6 Å². The molecule has 21 heavy (non-hydrogen) atoms. The number of amides is 1. The lowest BCUT2D eigenvalue weighted by atomic mass is 10.1. The fraction of sp³-hybridized carbons (Fsp3) is 0.312. The number of para-hydroxylation sites is 1. The Kier molecular flexibility index (Phi) is 6.42. The van der Waals surface area contributed by atoms with Crippen molar-refractivity contribution in [3.05, 3.63) is 50.6 Å². The van der Waals surface area contributed by atoms with E-state index in [0.717, 1.165) is 35.2 Å². The molecule has 0 saturated carbocycles. The lowest BCUT2D eigenvalue weighted by molar-refractivity contribution is -0.116. The summed E-state index contributed by atoms with van der Waals surface area (Å²) in [6.07, 6.45) is 1.28. The van der Waals surface area contributed by atoms with Crippen molar-refractivity contribution >= 4 is 38.9 Å². The van der Waals surface area contributed by atoms with E-state index in [0.29, 0.717) is 6.42 Å². The van der Waals surface area contributed by atoms with Gasteiger partial charge in [0.1, 0.15) is 0 Å². The van der Waals surface area contributed by atoms with Crippen molar-refractivity contribution in [2.75, 3.05) is 11.9 Å². The van der Waals surface area contributed by atoms with Crippen LogP contribution in [0.3, 0.4) is 0 Å². The highest BCUT2D eigenvalue weighted by atomic mass is 79.9. The Balaban J connectivity index is 1.90. The van der Waals surface area contributed by atoms with Gasteiger partial charge in [0.2, 0.25) is 5.91 Å². The van der Waals surface area contributed by atoms with Crippen LogP contribution in [0.15, 0.2) is 40.2 Å². The average Bonchev–Trinajstić information content (AvgIpc) is 2.90. The van der Waals surface area contributed by atoms with Gasteiger partial charge >= 0.3 is 0 Å². The number of aryl methyl sites for hydroxylation is 1. The smallest absolute Gasteiger partial charge is 0.224 e. The van der Waals surface area contributed by atoms with Crippen molar-refractivity contribution in [3.8, 4) is 0 Å². The van der Waals surface area contributed by atoms with Gasteiger partial charge in [0.05, 0.1) is 0 Å². The van der Waals surface area contributed by atoms with E-state index in [1.807, 2.05) is 29.6 Å². The van der Waals surface area contributed by atoms with E-state index in [1.165, 1.54) is 4.88 Å². The first-order chi connectivity index (χ1) is 10.2. The van der Waals surface area contributed by atoms with Gasteiger partial charge < -0.3 is 10.6 Å². The van der Waals surface area contributed by atoms with Gasteiger partial charge in [-0.05, 0) is 46.6 Å². The minimum absolute atomic E-state index is 0.0588. The minimum atomic E-state index is 0.0588. The van der Waals surface area contributed by atoms with E-state index in [9.17, 15) is 4.79 Å². The van der Waals surface area contributed by atoms with Gasteiger partial charge in [-0.25, -0.2) is 0 Å². The van der Waals surface area contributed by atoms with Crippen molar-refractivity contribution in [1.29, 1.82) is 0 Å². The molecule has 2 rings (SSSR count). The largest absolute Gasteiger partial charge is 0.326 e. The van der Waals surface area contributed by atoms with Gasteiger partial charge in [0.25, 0.3) is 0 Å². The molecule has 5 heteroatoms. The Morgan fingerprint density at radius 2 is 2.14 bits per heavy atom. The summed E-state index contributed by atoms with van der Waals surface area (Å²) >= 11 is 5.10. The number of nitrogens with one attached hydrogen (secondary N) is 2. The summed E-state index contributed by atoms with van der Waals surface area (Å²) in [5, 5.41) is 8.34. The highest BCUT2D eigenvalue weighted by Crippen LogP contribution is 2.21. The van der Waals surface area contributed by atoms with Crippen LogP contribution < -0.4 is 10.6 Å². The van der Waals surface area contributed by atoms with Crippen LogP contribution in [-0.4, -0.2) is 12.5 Å². The van der Waals surface area contributed by atoms with Crippen molar-refractivity contribution in [2.45, 2.75) is 26.3 Å². The van der Waals surface area contributed by atoms with E-state index in [4.69, 9.17) is 0 Å². The van der Waals surface area contributed by atoms with E-state index in [-0.39, 0.29) is 5.91 Å². The zero-order chi connectivity index (χ0) is 15.1. The lowest BCUT2D eigenvalue weighted by Gasteiger charge is -2.11. The molecule has 0 aliphatic rings. The van der Waals surface area contributed by atoms with E-state index in [1.54, 1.807) is 11.3 Å². The number of anilines is 1. The zero-order valence-electron chi connectivity index (χ0n) is 12.0. The second-order valence-electron chi connectivity index (χ2n) is 4.72. The SMILES string of the molecule is CCNCc1ccccc1NC(=O)CCc1cc(Br)cs1. The Bertz CT molecular complexity index is 597. The second kappa shape index (κ2) is 8.32. The van der Waals surface area contributed by atoms with Crippen molar-refractivity contribution in [3.63, 3.8) is 0 Å².